The molecule has 0 unspecified atom stereocenters. The number of nitrogens with zero attached hydrogens (tertiary/aromatic N) is 1. The number of sulfonamides is 1. The molecule has 3 rings (SSSR count). The Balaban J connectivity index is 1.55. The first-order chi connectivity index (χ1) is 14.4. The van der Waals surface area contributed by atoms with Gasteiger partial charge >= 0.3 is 0 Å². The SMILES string of the molecule is Cc1ccc(S(=O)(=O)N2CCCCC2)cc1NCC(=O)NCCc1ccc(F)cc1. The molecule has 0 saturated carbocycles. The third kappa shape index (κ3) is 5.79. The molecule has 0 aliphatic carbocycles. The highest BCUT2D eigenvalue weighted by Gasteiger charge is 2.26. The zero-order valence-electron chi connectivity index (χ0n) is 17.2. The monoisotopic (exact) mass is 433 g/mol. The van der Waals surface area contributed by atoms with Gasteiger partial charge in [0.2, 0.25) is 15.9 Å². The number of aryl methyl sites for hydroxylation is 1. The first-order valence-corrected chi connectivity index (χ1v) is 11.7. The van der Waals surface area contributed by atoms with Crippen LogP contribution in [-0.2, 0) is 21.2 Å². The van der Waals surface area contributed by atoms with Crippen LogP contribution in [0.5, 0.6) is 0 Å². The molecule has 0 spiro atoms. The molecule has 1 aliphatic heterocycles. The fourth-order valence-corrected chi connectivity index (χ4v) is 4.99. The minimum absolute atomic E-state index is 0.0392. The molecule has 6 nitrogen and oxygen atoms in total. The molecular weight excluding hydrogens is 405 g/mol. The third-order valence-corrected chi connectivity index (χ3v) is 7.14. The van der Waals surface area contributed by atoms with E-state index in [2.05, 4.69) is 10.6 Å². The Morgan fingerprint density at radius 2 is 1.77 bits per heavy atom. The van der Waals surface area contributed by atoms with Crippen LogP contribution in [0.25, 0.3) is 0 Å². The molecule has 0 radical (unpaired) electrons. The predicted octanol–water partition coefficient (Wildman–Crippen LogP) is 3.08. The minimum Gasteiger partial charge on any atom is -0.376 e. The second-order valence-corrected chi connectivity index (χ2v) is 9.46. The third-order valence-electron chi connectivity index (χ3n) is 5.25. The summed E-state index contributed by atoms with van der Waals surface area (Å²) < 4.78 is 40.2. The van der Waals surface area contributed by atoms with E-state index in [1.165, 1.54) is 16.4 Å². The van der Waals surface area contributed by atoms with Crippen LogP contribution in [0, 0.1) is 12.7 Å². The lowest BCUT2D eigenvalue weighted by molar-refractivity contribution is -0.119. The number of rotatable bonds is 8. The van der Waals surface area contributed by atoms with Crippen molar-refractivity contribution in [2.45, 2.75) is 37.5 Å². The molecule has 1 heterocycles. The Hall–Kier alpha value is -2.45. The molecule has 0 aromatic heterocycles. The molecule has 1 aliphatic rings. The summed E-state index contributed by atoms with van der Waals surface area (Å²) >= 11 is 0. The summed E-state index contributed by atoms with van der Waals surface area (Å²) in [6.45, 7) is 3.45. The van der Waals surface area contributed by atoms with Gasteiger partial charge in [-0.15, -0.1) is 0 Å². The van der Waals surface area contributed by atoms with Crippen LogP contribution < -0.4 is 10.6 Å². The van der Waals surface area contributed by atoms with E-state index in [9.17, 15) is 17.6 Å². The van der Waals surface area contributed by atoms with Crippen LogP contribution in [0.1, 0.15) is 30.4 Å². The lowest BCUT2D eigenvalue weighted by Crippen LogP contribution is -2.35. The summed E-state index contributed by atoms with van der Waals surface area (Å²) in [5.74, 6) is -0.479. The van der Waals surface area contributed by atoms with E-state index in [1.54, 1.807) is 30.3 Å². The van der Waals surface area contributed by atoms with Crippen molar-refractivity contribution in [3.8, 4) is 0 Å². The Morgan fingerprint density at radius 1 is 1.07 bits per heavy atom. The van der Waals surface area contributed by atoms with Crippen LogP contribution in [0.15, 0.2) is 47.4 Å². The molecule has 1 fully saturated rings. The second kappa shape index (κ2) is 10.0. The standard InChI is InChI=1S/C22H28FN3O3S/c1-17-5-10-20(30(28,29)26-13-3-2-4-14-26)15-21(17)25-16-22(27)24-12-11-18-6-8-19(23)9-7-18/h5-10,15,25H,2-4,11-14,16H2,1H3,(H,24,27). The molecule has 1 saturated heterocycles. The number of hydrogen-bond acceptors (Lipinski definition) is 4. The van der Waals surface area contributed by atoms with Crippen LogP contribution in [0.2, 0.25) is 0 Å². The van der Waals surface area contributed by atoms with Crippen LogP contribution in [0.4, 0.5) is 10.1 Å². The highest BCUT2D eigenvalue weighted by Crippen LogP contribution is 2.25. The number of nitrogens with one attached hydrogen (secondary N) is 2. The lowest BCUT2D eigenvalue weighted by Gasteiger charge is -2.26. The van der Waals surface area contributed by atoms with Crippen molar-refractivity contribution in [3.63, 3.8) is 0 Å². The number of piperidine rings is 1. The van der Waals surface area contributed by atoms with Crippen LogP contribution in [-0.4, -0.2) is 44.8 Å². The summed E-state index contributed by atoms with van der Waals surface area (Å²) in [6, 6.07) is 11.2. The van der Waals surface area contributed by atoms with Gasteiger partial charge in [-0.05, 0) is 61.6 Å². The maximum absolute atomic E-state index is 12.9. The van der Waals surface area contributed by atoms with Crippen molar-refractivity contribution in [1.82, 2.24) is 9.62 Å². The Bertz CT molecular complexity index is 972. The van der Waals surface area contributed by atoms with Crippen molar-refractivity contribution in [3.05, 3.63) is 59.4 Å². The first-order valence-electron chi connectivity index (χ1n) is 10.2. The van der Waals surface area contributed by atoms with E-state index >= 15 is 0 Å². The van der Waals surface area contributed by atoms with Crippen molar-refractivity contribution in [2.75, 3.05) is 31.5 Å². The number of carbonyl (C=O) groups excluding carboxylic acids is 1. The molecule has 1 amide bonds. The molecule has 0 atom stereocenters. The molecule has 162 valence electrons. The number of anilines is 1. The maximum atomic E-state index is 12.9. The Morgan fingerprint density at radius 3 is 2.47 bits per heavy atom. The fourth-order valence-electron chi connectivity index (χ4n) is 3.44. The summed E-state index contributed by atoms with van der Waals surface area (Å²) in [7, 11) is -3.52. The summed E-state index contributed by atoms with van der Waals surface area (Å²) in [4.78, 5) is 12.4. The van der Waals surface area contributed by atoms with Gasteiger partial charge in [-0.2, -0.15) is 4.31 Å². The van der Waals surface area contributed by atoms with Gasteiger partial charge in [-0.1, -0.05) is 24.6 Å². The number of halogens is 1. The number of carbonyl (C=O) groups is 1. The van der Waals surface area contributed by atoms with Crippen molar-refractivity contribution in [1.29, 1.82) is 0 Å². The van der Waals surface area contributed by atoms with Gasteiger partial charge in [-0.3, -0.25) is 4.79 Å². The smallest absolute Gasteiger partial charge is 0.243 e. The largest absolute Gasteiger partial charge is 0.376 e. The molecule has 2 aromatic rings. The number of benzene rings is 2. The molecule has 2 N–H and O–H groups in total. The van der Waals surface area contributed by atoms with Gasteiger partial charge in [0.05, 0.1) is 11.4 Å². The van der Waals surface area contributed by atoms with E-state index < -0.39 is 10.0 Å². The van der Waals surface area contributed by atoms with E-state index in [4.69, 9.17) is 0 Å². The summed E-state index contributed by atoms with van der Waals surface area (Å²) in [5, 5.41) is 5.85. The van der Waals surface area contributed by atoms with Gasteiger partial charge in [0.25, 0.3) is 0 Å². The van der Waals surface area contributed by atoms with Crippen molar-refractivity contribution >= 4 is 21.6 Å². The molecule has 0 bridgehead atoms. The molecule has 2 aromatic carbocycles. The van der Waals surface area contributed by atoms with E-state index in [0.717, 1.165) is 30.4 Å². The zero-order valence-corrected chi connectivity index (χ0v) is 18.0. The quantitative estimate of drug-likeness (QED) is 0.671. The highest BCUT2D eigenvalue weighted by molar-refractivity contribution is 7.89. The van der Waals surface area contributed by atoms with Crippen molar-refractivity contribution < 1.29 is 17.6 Å². The molecule has 8 heteroatoms. The average Bonchev–Trinajstić information content (AvgIpc) is 2.75. The predicted molar refractivity (Wildman–Crippen MR) is 115 cm³/mol. The van der Waals surface area contributed by atoms with Gasteiger partial charge in [-0.25, -0.2) is 12.8 Å². The summed E-state index contributed by atoms with van der Waals surface area (Å²) in [5.41, 5.74) is 2.43. The average molecular weight is 434 g/mol. The maximum Gasteiger partial charge on any atom is 0.243 e. The van der Waals surface area contributed by atoms with Gasteiger partial charge < -0.3 is 10.6 Å². The summed E-state index contributed by atoms with van der Waals surface area (Å²) in [6.07, 6.45) is 3.43. The van der Waals surface area contributed by atoms with Gasteiger partial charge in [0.15, 0.2) is 0 Å². The lowest BCUT2D eigenvalue weighted by atomic mass is 10.1. The first kappa shape index (κ1) is 22.2. The normalized spacial score (nSPS) is 15.0. The molecular formula is C22H28FN3O3S. The van der Waals surface area contributed by atoms with E-state index in [0.29, 0.717) is 31.7 Å². The highest BCUT2D eigenvalue weighted by atomic mass is 32.2. The Kier molecular flexibility index (Phi) is 7.44. The second-order valence-electron chi connectivity index (χ2n) is 7.52. The van der Waals surface area contributed by atoms with E-state index in [1.807, 2.05) is 6.92 Å². The fraction of sp³-hybridized carbons (Fsp3) is 0.409. The molecule has 30 heavy (non-hydrogen) atoms. The van der Waals surface area contributed by atoms with Gasteiger partial charge in [0, 0.05) is 25.3 Å². The number of amides is 1. The zero-order chi connectivity index (χ0) is 21.6. The van der Waals surface area contributed by atoms with Crippen LogP contribution >= 0.6 is 0 Å². The van der Waals surface area contributed by atoms with E-state index in [-0.39, 0.29) is 23.2 Å². The van der Waals surface area contributed by atoms with Crippen molar-refractivity contribution in [2.24, 2.45) is 0 Å². The number of hydrogen-bond donors (Lipinski definition) is 2. The minimum atomic E-state index is -3.52. The van der Waals surface area contributed by atoms with Gasteiger partial charge in [0.1, 0.15) is 5.82 Å². The van der Waals surface area contributed by atoms with Crippen LogP contribution in [0.3, 0.4) is 0 Å². The Labute approximate surface area is 177 Å². The topological polar surface area (TPSA) is 78.5 Å².